The van der Waals surface area contributed by atoms with E-state index in [4.69, 9.17) is 5.11 Å². The second-order valence-electron chi connectivity index (χ2n) is 3.51. The van der Waals surface area contributed by atoms with Crippen molar-refractivity contribution in [1.29, 1.82) is 0 Å². The van der Waals surface area contributed by atoms with Crippen molar-refractivity contribution in [3.63, 3.8) is 0 Å². The van der Waals surface area contributed by atoms with Gasteiger partial charge in [-0.3, -0.25) is 4.79 Å². The number of urea groups is 1. The Labute approximate surface area is 104 Å². The molecule has 0 aromatic heterocycles. The third-order valence-electron chi connectivity index (χ3n) is 1.87. The number of ether oxygens (including phenoxy) is 1. The number of nitrogens with one attached hydrogen (secondary N) is 1. The molecule has 6 nitrogen and oxygen atoms in total. The molecule has 0 saturated heterocycles. The van der Waals surface area contributed by atoms with Crippen LogP contribution in [0.1, 0.15) is 13.3 Å². The highest BCUT2D eigenvalue weighted by Crippen LogP contribution is 1.94. The molecule has 18 heavy (non-hydrogen) atoms. The van der Waals surface area contributed by atoms with Gasteiger partial charge < -0.3 is 20.1 Å². The minimum absolute atomic E-state index is 0.0386. The molecular weight excluding hydrogens is 250 g/mol. The summed E-state index contributed by atoms with van der Waals surface area (Å²) >= 11 is 0. The minimum atomic E-state index is -2.54. The molecule has 0 radical (unpaired) electrons. The van der Waals surface area contributed by atoms with Crippen molar-refractivity contribution in [2.24, 2.45) is 0 Å². The van der Waals surface area contributed by atoms with Crippen molar-refractivity contribution in [2.45, 2.75) is 19.8 Å². The second-order valence-corrected chi connectivity index (χ2v) is 3.51. The largest absolute Gasteiger partial charge is 0.480 e. The van der Waals surface area contributed by atoms with E-state index in [1.807, 2.05) is 6.92 Å². The van der Waals surface area contributed by atoms with Crippen LogP contribution in [0.4, 0.5) is 13.6 Å². The predicted molar refractivity (Wildman–Crippen MR) is 59.7 cm³/mol. The molecule has 0 aliphatic rings. The number of carbonyl (C=O) groups excluding carboxylic acids is 1. The summed E-state index contributed by atoms with van der Waals surface area (Å²) in [4.78, 5) is 23.2. The summed E-state index contributed by atoms with van der Waals surface area (Å²) in [5.41, 5.74) is 0. The molecule has 8 heteroatoms. The number of carbonyl (C=O) groups is 2. The van der Waals surface area contributed by atoms with Crippen LogP contribution in [0.2, 0.25) is 0 Å². The predicted octanol–water partition coefficient (Wildman–Crippen LogP) is 0.774. The van der Waals surface area contributed by atoms with E-state index in [2.05, 4.69) is 10.1 Å². The Morgan fingerprint density at radius 1 is 1.44 bits per heavy atom. The fourth-order valence-electron chi connectivity index (χ4n) is 1.20. The van der Waals surface area contributed by atoms with Gasteiger partial charge >= 0.3 is 12.0 Å². The van der Waals surface area contributed by atoms with Crippen LogP contribution in [0, 0.1) is 0 Å². The first-order valence-electron chi connectivity index (χ1n) is 5.57. The average Bonchev–Trinajstić information content (AvgIpc) is 2.26. The average molecular weight is 268 g/mol. The molecule has 2 N–H and O–H groups in total. The molecule has 0 unspecified atom stereocenters. The number of aliphatic carboxylic acids is 1. The maximum absolute atomic E-state index is 11.7. The van der Waals surface area contributed by atoms with Crippen molar-refractivity contribution < 1.29 is 28.2 Å². The summed E-state index contributed by atoms with van der Waals surface area (Å²) in [6.07, 6.45) is -1.91. The van der Waals surface area contributed by atoms with Crippen LogP contribution < -0.4 is 5.32 Å². The van der Waals surface area contributed by atoms with Crippen LogP contribution >= 0.6 is 0 Å². The summed E-state index contributed by atoms with van der Waals surface area (Å²) in [5, 5.41) is 11.0. The lowest BCUT2D eigenvalue weighted by molar-refractivity contribution is -0.137. The summed E-state index contributed by atoms with van der Waals surface area (Å²) in [6, 6.07) is -0.542. The number of halogens is 2. The van der Waals surface area contributed by atoms with Gasteiger partial charge in [-0.05, 0) is 6.42 Å². The fraction of sp³-hybridized carbons (Fsp3) is 0.800. The zero-order valence-electron chi connectivity index (χ0n) is 10.2. The standard InChI is InChI=1S/C10H18F2N2O4/c1-2-4-14(6-9(15)16)10(17)13-3-5-18-7-8(11)12/h8H,2-7H2,1H3,(H,13,17)(H,15,16). The lowest BCUT2D eigenvalue weighted by Crippen LogP contribution is -2.44. The van der Waals surface area contributed by atoms with Gasteiger partial charge in [0, 0.05) is 13.1 Å². The Balaban J connectivity index is 3.84. The van der Waals surface area contributed by atoms with Crippen LogP contribution in [-0.4, -0.2) is 61.3 Å². The summed E-state index contributed by atoms with van der Waals surface area (Å²) < 4.78 is 28.0. The maximum atomic E-state index is 11.7. The lowest BCUT2D eigenvalue weighted by atomic mass is 10.4. The molecule has 0 fully saturated rings. The van der Waals surface area contributed by atoms with E-state index in [1.165, 1.54) is 0 Å². The molecule has 0 spiro atoms. The van der Waals surface area contributed by atoms with Crippen LogP contribution in [-0.2, 0) is 9.53 Å². The Hall–Kier alpha value is -1.44. The number of hydrogen-bond donors (Lipinski definition) is 2. The number of nitrogens with zero attached hydrogens (tertiary/aromatic N) is 1. The Kier molecular flexibility index (Phi) is 8.81. The molecule has 2 amide bonds. The molecule has 0 rings (SSSR count). The third kappa shape index (κ3) is 8.68. The molecule has 0 bridgehead atoms. The Morgan fingerprint density at radius 2 is 2.11 bits per heavy atom. The zero-order valence-corrected chi connectivity index (χ0v) is 10.2. The molecule has 0 heterocycles. The molecule has 0 atom stereocenters. The van der Waals surface area contributed by atoms with E-state index < -0.39 is 31.6 Å². The molecular formula is C10H18F2N2O4. The van der Waals surface area contributed by atoms with Gasteiger partial charge in [-0.15, -0.1) is 0 Å². The van der Waals surface area contributed by atoms with Gasteiger partial charge in [0.05, 0.1) is 6.61 Å². The van der Waals surface area contributed by atoms with Crippen LogP contribution in [0.15, 0.2) is 0 Å². The molecule has 106 valence electrons. The van der Waals surface area contributed by atoms with E-state index in [-0.39, 0.29) is 13.2 Å². The van der Waals surface area contributed by atoms with E-state index in [0.29, 0.717) is 13.0 Å². The normalized spacial score (nSPS) is 10.4. The topological polar surface area (TPSA) is 78.9 Å². The highest BCUT2D eigenvalue weighted by atomic mass is 19.3. The SMILES string of the molecule is CCCN(CC(=O)O)C(=O)NCCOCC(F)F. The number of carboxylic acid groups (broad SMARTS) is 1. The van der Waals surface area contributed by atoms with E-state index in [9.17, 15) is 18.4 Å². The van der Waals surface area contributed by atoms with Crippen LogP contribution in [0.5, 0.6) is 0 Å². The van der Waals surface area contributed by atoms with Gasteiger partial charge in [-0.25, -0.2) is 13.6 Å². The zero-order chi connectivity index (χ0) is 14.0. The molecule has 0 aliphatic carbocycles. The third-order valence-corrected chi connectivity index (χ3v) is 1.87. The van der Waals surface area contributed by atoms with Gasteiger partial charge in [0.25, 0.3) is 6.43 Å². The molecule has 0 aliphatic heterocycles. The number of rotatable bonds is 9. The van der Waals surface area contributed by atoms with Crippen LogP contribution in [0.25, 0.3) is 0 Å². The number of carboxylic acids is 1. The quantitative estimate of drug-likeness (QED) is 0.605. The van der Waals surface area contributed by atoms with Crippen molar-refractivity contribution in [3.8, 4) is 0 Å². The summed E-state index contributed by atoms with van der Waals surface area (Å²) in [7, 11) is 0. The van der Waals surface area contributed by atoms with E-state index >= 15 is 0 Å². The van der Waals surface area contributed by atoms with Gasteiger partial charge in [-0.2, -0.15) is 0 Å². The first-order valence-corrected chi connectivity index (χ1v) is 5.57. The van der Waals surface area contributed by atoms with Gasteiger partial charge in [0.2, 0.25) is 0 Å². The van der Waals surface area contributed by atoms with E-state index in [0.717, 1.165) is 4.90 Å². The van der Waals surface area contributed by atoms with Crippen LogP contribution in [0.3, 0.4) is 0 Å². The molecule has 0 aromatic carbocycles. The number of amides is 2. The monoisotopic (exact) mass is 268 g/mol. The first-order chi connectivity index (χ1) is 8.47. The van der Waals surface area contributed by atoms with Gasteiger partial charge in [-0.1, -0.05) is 6.92 Å². The number of alkyl halides is 2. The van der Waals surface area contributed by atoms with Crippen molar-refractivity contribution >= 4 is 12.0 Å². The van der Waals surface area contributed by atoms with E-state index in [1.54, 1.807) is 0 Å². The highest BCUT2D eigenvalue weighted by molar-refractivity contribution is 5.80. The van der Waals surface area contributed by atoms with Crippen molar-refractivity contribution in [1.82, 2.24) is 10.2 Å². The maximum Gasteiger partial charge on any atom is 0.323 e. The van der Waals surface area contributed by atoms with Gasteiger partial charge in [0.1, 0.15) is 13.2 Å². The molecule has 0 aromatic rings. The van der Waals surface area contributed by atoms with Gasteiger partial charge in [0.15, 0.2) is 0 Å². The summed E-state index contributed by atoms with van der Waals surface area (Å²) in [6.45, 7) is 1.08. The highest BCUT2D eigenvalue weighted by Gasteiger charge is 2.15. The smallest absolute Gasteiger partial charge is 0.323 e. The summed E-state index contributed by atoms with van der Waals surface area (Å²) in [5.74, 6) is -1.10. The molecule has 0 saturated carbocycles. The minimum Gasteiger partial charge on any atom is -0.480 e. The first kappa shape index (κ1) is 16.6. The van der Waals surface area contributed by atoms with Crippen molar-refractivity contribution in [2.75, 3.05) is 32.8 Å². The Bertz CT molecular complexity index is 264. The Morgan fingerprint density at radius 3 is 2.61 bits per heavy atom. The lowest BCUT2D eigenvalue weighted by Gasteiger charge is -2.20. The number of hydrogen-bond acceptors (Lipinski definition) is 3. The van der Waals surface area contributed by atoms with Crippen molar-refractivity contribution in [3.05, 3.63) is 0 Å². The second kappa shape index (κ2) is 9.58. The fourth-order valence-corrected chi connectivity index (χ4v) is 1.20.